The Hall–Kier alpha value is -4.82. The zero-order chi connectivity index (χ0) is 35.8. The molecule has 0 aromatic carbocycles. The largest absolute Gasteiger partial charge is 2.00 e. The standard InChI is InChI=1S/3C10H9N3.2ClHO4.Ru/c3*1-3-7-11-9(5-1)13-10-6-2-4-8-12-10;2*2-1(3,4)5;/h3*1-8H,(H,11,12,13);2*(H,2,3,4,5);/q;;;;;+2/p-2. The second kappa shape index (κ2) is 24.3. The predicted octanol–water partition coefficient (Wildman–Crippen LogP) is -2.85. The van der Waals surface area contributed by atoms with Crippen molar-refractivity contribution < 1.29 is 77.2 Å². The number of hydrogen-bond acceptors (Lipinski definition) is 17. The van der Waals surface area contributed by atoms with Gasteiger partial charge >= 0.3 is 19.5 Å². The van der Waals surface area contributed by atoms with Gasteiger partial charge in [-0.1, -0.05) is 36.4 Å². The summed E-state index contributed by atoms with van der Waals surface area (Å²) in [6.07, 6.45) is 10.4. The molecule has 6 heterocycles. The SMILES string of the molecule is [O-][Cl+3]([O-])([O-])[O-].[O-][Cl+3]([O-])([O-])[O-].[Ru+2].c1ccc(Nc2ccccn2)nc1.c1ccc(Nc2ccccn2)nc1.c1ccc(Nc2ccccn2)nc1. The summed E-state index contributed by atoms with van der Waals surface area (Å²) in [6.45, 7) is 0. The molecule has 6 aromatic heterocycles. The van der Waals surface area contributed by atoms with Crippen LogP contribution < -0.4 is 53.2 Å². The third-order valence-corrected chi connectivity index (χ3v) is 4.76. The molecule has 20 heteroatoms. The number of anilines is 6. The first-order chi connectivity index (χ1) is 23.3. The quantitative estimate of drug-likeness (QED) is 0.143. The Labute approximate surface area is 303 Å². The second-order valence-corrected chi connectivity index (χ2v) is 9.93. The molecule has 6 rings (SSSR count). The molecular formula is C30H27Cl2N9O8Ru. The Morgan fingerprint density at radius 2 is 0.440 bits per heavy atom. The summed E-state index contributed by atoms with van der Waals surface area (Å²) in [5, 5.41) is 9.24. The van der Waals surface area contributed by atoms with Gasteiger partial charge in [0.1, 0.15) is 34.9 Å². The van der Waals surface area contributed by atoms with Crippen LogP contribution in [0, 0.1) is 20.5 Å². The summed E-state index contributed by atoms with van der Waals surface area (Å²) >= 11 is 0. The number of halogens is 2. The van der Waals surface area contributed by atoms with Gasteiger partial charge in [0.15, 0.2) is 0 Å². The van der Waals surface area contributed by atoms with Gasteiger partial charge in [-0.05, 0) is 72.8 Å². The monoisotopic (exact) mass is 813 g/mol. The molecule has 0 unspecified atom stereocenters. The van der Waals surface area contributed by atoms with E-state index in [1.165, 1.54) is 0 Å². The van der Waals surface area contributed by atoms with E-state index < -0.39 is 20.5 Å². The number of nitrogens with zero attached hydrogens (tertiary/aromatic N) is 6. The van der Waals surface area contributed by atoms with E-state index in [1.807, 2.05) is 109 Å². The molecule has 0 atom stereocenters. The molecule has 0 aliphatic carbocycles. The molecule has 0 fully saturated rings. The maximum Gasteiger partial charge on any atom is 2.00 e. The van der Waals surface area contributed by atoms with Crippen molar-refractivity contribution in [2.24, 2.45) is 0 Å². The van der Waals surface area contributed by atoms with Crippen molar-refractivity contribution in [3.8, 4) is 0 Å². The van der Waals surface area contributed by atoms with E-state index in [0.29, 0.717) is 0 Å². The molecule has 50 heavy (non-hydrogen) atoms. The average Bonchev–Trinajstić information content (AvgIpc) is 3.07. The molecule has 0 bridgehead atoms. The zero-order valence-corrected chi connectivity index (χ0v) is 28.7. The topological polar surface area (TPSA) is 298 Å². The van der Waals surface area contributed by atoms with Crippen LogP contribution in [0.3, 0.4) is 0 Å². The normalized spacial score (nSPS) is 9.84. The summed E-state index contributed by atoms with van der Waals surface area (Å²) in [5.74, 6) is 4.84. The fourth-order valence-corrected chi connectivity index (χ4v) is 3.01. The van der Waals surface area contributed by atoms with Crippen LogP contribution in [0.2, 0.25) is 0 Å². The Morgan fingerprint density at radius 1 is 0.300 bits per heavy atom. The first-order valence-corrected chi connectivity index (χ1v) is 15.8. The van der Waals surface area contributed by atoms with E-state index in [4.69, 9.17) is 37.3 Å². The smallest absolute Gasteiger partial charge is 0.325 e. The van der Waals surface area contributed by atoms with Gasteiger partial charge in [-0.2, -0.15) is 0 Å². The molecule has 6 aromatic rings. The van der Waals surface area contributed by atoms with E-state index in [0.717, 1.165) is 34.9 Å². The zero-order valence-electron chi connectivity index (χ0n) is 25.4. The summed E-state index contributed by atoms with van der Waals surface area (Å²) in [4.78, 5) is 24.7. The molecule has 262 valence electrons. The van der Waals surface area contributed by atoms with E-state index in [9.17, 15) is 0 Å². The summed E-state index contributed by atoms with van der Waals surface area (Å²) < 4.78 is 67.9. The van der Waals surface area contributed by atoms with Gasteiger partial charge < -0.3 is 16.0 Å². The minimum absolute atomic E-state index is 0. The fourth-order valence-electron chi connectivity index (χ4n) is 3.01. The van der Waals surface area contributed by atoms with Crippen molar-refractivity contribution in [3.05, 3.63) is 146 Å². The van der Waals surface area contributed by atoms with Crippen molar-refractivity contribution >= 4 is 34.9 Å². The first-order valence-electron chi connectivity index (χ1n) is 13.4. The third kappa shape index (κ3) is 25.2. The van der Waals surface area contributed by atoms with Crippen LogP contribution in [-0.4, -0.2) is 29.9 Å². The molecule has 0 aliphatic rings. The van der Waals surface area contributed by atoms with Crippen LogP contribution >= 0.6 is 0 Å². The van der Waals surface area contributed by atoms with Gasteiger partial charge in [0.05, 0.1) is 0 Å². The molecular weight excluding hydrogens is 786 g/mol. The predicted molar refractivity (Wildman–Crippen MR) is 155 cm³/mol. The summed E-state index contributed by atoms with van der Waals surface area (Å²) in [7, 11) is -9.89. The third-order valence-electron chi connectivity index (χ3n) is 4.76. The van der Waals surface area contributed by atoms with Gasteiger partial charge in [0, 0.05) is 37.2 Å². The van der Waals surface area contributed by atoms with Crippen LogP contribution in [0.1, 0.15) is 0 Å². The van der Waals surface area contributed by atoms with Crippen molar-refractivity contribution in [1.29, 1.82) is 0 Å². The van der Waals surface area contributed by atoms with Crippen molar-refractivity contribution in [2.45, 2.75) is 0 Å². The van der Waals surface area contributed by atoms with Crippen LogP contribution in [0.5, 0.6) is 0 Å². The van der Waals surface area contributed by atoms with Gasteiger partial charge in [0.25, 0.3) is 0 Å². The van der Waals surface area contributed by atoms with Crippen LogP contribution in [0.25, 0.3) is 0 Å². The average molecular weight is 814 g/mol. The maximum absolute atomic E-state index is 8.49. The van der Waals surface area contributed by atoms with Crippen LogP contribution in [0.4, 0.5) is 34.9 Å². The Kier molecular flexibility index (Phi) is 21.0. The minimum Gasteiger partial charge on any atom is -0.325 e. The summed E-state index contributed by atoms with van der Waals surface area (Å²) in [6, 6.07) is 34.2. The molecule has 0 saturated carbocycles. The van der Waals surface area contributed by atoms with Crippen molar-refractivity contribution in [1.82, 2.24) is 29.9 Å². The second-order valence-electron chi connectivity index (χ2n) is 8.42. The molecule has 0 spiro atoms. The number of nitrogens with one attached hydrogen (secondary N) is 3. The van der Waals surface area contributed by atoms with E-state index in [-0.39, 0.29) is 19.5 Å². The first kappa shape index (κ1) is 43.2. The Balaban J connectivity index is 0.000000328. The number of hydrogen-bond donors (Lipinski definition) is 3. The number of aromatic nitrogens is 6. The van der Waals surface area contributed by atoms with Gasteiger partial charge in [0.2, 0.25) is 0 Å². The Morgan fingerprint density at radius 3 is 0.540 bits per heavy atom. The Bertz CT molecular complexity index is 1350. The molecule has 0 amide bonds. The van der Waals surface area contributed by atoms with E-state index in [2.05, 4.69) is 45.9 Å². The van der Waals surface area contributed by atoms with Crippen LogP contribution in [-0.2, 0) is 19.5 Å². The van der Waals surface area contributed by atoms with Crippen LogP contribution in [0.15, 0.2) is 146 Å². The van der Waals surface area contributed by atoms with Gasteiger partial charge in [-0.15, -0.1) is 20.5 Å². The molecule has 0 radical (unpaired) electrons. The molecule has 0 aliphatic heterocycles. The van der Waals surface area contributed by atoms with E-state index in [1.54, 1.807) is 37.2 Å². The summed E-state index contributed by atoms with van der Waals surface area (Å²) in [5.41, 5.74) is 0. The number of rotatable bonds is 6. The van der Waals surface area contributed by atoms with Crippen molar-refractivity contribution in [3.63, 3.8) is 0 Å². The molecule has 0 saturated heterocycles. The van der Waals surface area contributed by atoms with Gasteiger partial charge in [-0.25, -0.2) is 67.2 Å². The van der Waals surface area contributed by atoms with Crippen molar-refractivity contribution in [2.75, 3.05) is 16.0 Å². The molecule has 3 N–H and O–H groups in total. The maximum atomic E-state index is 8.49. The minimum atomic E-state index is -4.94. The molecule has 17 nitrogen and oxygen atoms in total. The fraction of sp³-hybridized carbons (Fsp3) is 0. The number of pyridine rings is 6. The van der Waals surface area contributed by atoms with E-state index >= 15 is 0 Å². The van der Waals surface area contributed by atoms with Gasteiger partial charge in [-0.3, -0.25) is 0 Å².